The third kappa shape index (κ3) is 3.65. The lowest BCUT2D eigenvalue weighted by atomic mass is 10.0. The summed E-state index contributed by atoms with van der Waals surface area (Å²) in [6.07, 6.45) is 0.908. The first-order valence-corrected chi connectivity index (χ1v) is 5.55. The topological polar surface area (TPSA) is 21.3 Å². The molecule has 1 aromatic carbocycles. The summed E-state index contributed by atoms with van der Waals surface area (Å²) in [5.41, 5.74) is 1.13. The van der Waals surface area contributed by atoms with Crippen molar-refractivity contribution in [2.75, 3.05) is 20.8 Å². The van der Waals surface area contributed by atoms with E-state index in [1.54, 1.807) is 7.11 Å². The summed E-state index contributed by atoms with van der Waals surface area (Å²) in [7, 11) is 3.62. The van der Waals surface area contributed by atoms with Gasteiger partial charge in [0.1, 0.15) is 0 Å². The predicted molar refractivity (Wildman–Crippen MR) is 64.8 cm³/mol. The van der Waals surface area contributed by atoms with E-state index in [4.69, 9.17) is 27.9 Å². The number of methoxy groups -OCH3 is 1. The van der Waals surface area contributed by atoms with Crippen molar-refractivity contribution in [1.29, 1.82) is 0 Å². The Morgan fingerprint density at radius 2 is 2.07 bits per heavy atom. The van der Waals surface area contributed by atoms with Gasteiger partial charge in [0.25, 0.3) is 0 Å². The van der Waals surface area contributed by atoms with Crippen molar-refractivity contribution in [3.63, 3.8) is 0 Å². The molecule has 0 aliphatic carbocycles. The van der Waals surface area contributed by atoms with Gasteiger partial charge in [0.05, 0.1) is 10.0 Å². The van der Waals surface area contributed by atoms with Crippen LogP contribution >= 0.6 is 23.2 Å². The number of hydrogen-bond acceptors (Lipinski definition) is 2. The average Bonchev–Trinajstić information content (AvgIpc) is 2.24. The van der Waals surface area contributed by atoms with E-state index in [0.717, 1.165) is 12.0 Å². The molecule has 84 valence electrons. The second-order valence-corrected chi connectivity index (χ2v) is 4.11. The van der Waals surface area contributed by atoms with Crippen molar-refractivity contribution >= 4 is 23.2 Å². The quantitative estimate of drug-likeness (QED) is 0.863. The number of nitrogens with one attached hydrogen (secondary N) is 1. The number of benzene rings is 1. The Morgan fingerprint density at radius 1 is 1.33 bits per heavy atom. The SMILES string of the molecule is CNC(CCOC)c1ccc(Cl)c(Cl)c1. The number of hydrogen-bond donors (Lipinski definition) is 1. The fraction of sp³-hybridized carbons (Fsp3) is 0.455. The fourth-order valence-electron chi connectivity index (χ4n) is 1.44. The molecule has 0 aliphatic rings. The van der Waals surface area contributed by atoms with E-state index < -0.39 is 0 Å². The Labute approximate surface area is 101 Å². The second kappa shape index (κ2) is 6.33. The van der Waals surface area contributed by atoms with Gasteiger partial charge >= 0.3 is 0 Å². The summed E-state index contributed by atoms with van der Waals surface area (Å²) in [6.45, 7) is 0.714. The van der Waals surface area contributed by atoms with E-state index in [-0.39, 0.29) is 6.04 Å². The summed E-state index contributed by atoms with van der Waals surface area (Å²) in [4.78, 5) is 0. The molecule has 4 heteroatoms. The highest BCUT2D eigenvalue weighted by atomic mass is 35.5. The Balaban J connectivity index is 2.78. The molecule has 0 bridgehead atoms. The highest BCUT2D eigenvalue weighted by molar-refractivity contribution is 6.42. The molecule has 1 atom stereocenters. The molecule has 0 heterocycles. The maximum Gasteiger partial charge on any atom is 0.0595 e. The second-order valence-electron chi connectivity index (χ2n) is 3.30. The van der Waals surface area contributed by atoms with Crippen LogP contribution in [0.2, 0.25) is 10.0 Å². The van der Waals surface area contributed by atoms with Crippen molar-refractivity contribution in [2.24, 2.45) is 0 Å². The van der Waals surface area contributed by atoms with Crippen LogP contribution < -0.4 is 5.32 Å². The number of rotatable bonds is 5. The standard InChI is InChI=1S/C11H15Cl2NO/c1-14-11(5-6-15-2)8-3-4-9(12)10(13)7-8/h3-4,7,11,14H,5-6H2,1-2H3. The normalized spacial score (nSPS) is 12.8. The lowest BCUT2D eigenvalue weighted by Gasteiger charge is -2.16. The molecule has 15 heavy (non-hydrogen) atoms. The molecule has 1 N–H and O–H groups in total. The first kappa shape index (κ1) is 12.8. The summed E-state index contributed by atoms with van der Waals surface area (Å²) in [5.74, 6) is 0. The Morgan fingerprint density at radius 3 is 2.60 bits per heavy atom. The lowest BCUT2D eigenvalue weighted by Crippen LogP contribution is -2.18. The van der Waals surface area contributed by atoms with Gasteiger partial charge in [0.15, 0.2) is 0 Å². The zero-order valence-corrected chi connectivity index (χ0v) is 10.4. The van der Waals surface area contributed by atoms with E-state index >= 15 is 0 Å². The minimum absolute atomic E-state index is 0.250. The summed E-state index contributed by atoms with van der Waals surface area (Å²) >= 11 is 11.8. The third-order valence-corrected chi connectivity index (χ3v) is 3.04. The van der Waals surface area contributed by atoms with E-state index in [1.807, 2.05) is 25.2 Å². The van der Waals surface area contributed by atoms with E-state index in [2.05, 4.69) is 5.32 Å². The van der Waals surface area contributed by atoms with E-state index in [0.29, 0.717) is 16.7 Å². The van der Waals surface area contributed by atoms with E-state index in [1.165, 1.54) is 0 Å². The molecule has 0 spiro atoms. The molecule has 0 saturated heterocycles. The van der Waals surface area contributed by atoms with Crippen molar-refractivity contribution in [2.45, 2.75) is 12.5 Å². The summed E-state index contributed by atoms with van der Waals surface area (Å²) in [5, 5.41) is 4.39. The lowest BCUT2D eigenvalue weighted by molar-refractivity contribution is 0.184. The third-order valence-electron chi connectivity index (χ3n) is 2.31. The van der Waals surface area contributed by atoms with Gasteiger partial charge in [-0.05, 0) is 31.2 Å². The first-order chi connectivity index (χ1) is 7.19. The molecule has 0 radical (unpaired) electrons. The molecule has 0 saturated carbocycles. The van der Waals surface area contributed by atoms with Gasteiger partial charge in [-0.2, -0.15) is 0 Å². The van der Waals surface area contributed by atoms with Gasteiger partial charge in [0.2, 0.25) is 0 Å². The molecule has 0 aliphatic heterocycles. The Kier molecular flexibility index (Phi) is 5.40. The van der Waals surface area contributed by atoms with Crippen LogP contribution in [0.4, 0.5) is 0 Å². The van der Waals surface area contributed by atoms with E-state index in [9.17, 15) is 0 Å². The highest BCUT2D eigenvalue weighted by Gasteiger charge is 2.10. The fourth-order valence-corrected chi connectivity index (χ4v) is 1.75. The molecule has 0 fully saturated rings. The molecule has 1 rings (SSSR count). The molecule has 1 aromatic rings. The maximum atomic E-state index is 5.96. The Bertz CT molecular complexity index is 317. The minimum atomic E-state index is 0.250. The van der Waals surface area contributed by atoms with Crippen molar-refractivity contribution < 1.29 is 4.74 Å². The smallest absolute Gasteiger partial charge is 0.0595 e. The first-order valence-electron chi connectivity index (χ1n) is 4.80. The zero-order chi connectivity index (χ0) is 11.3. The molecule has 1 unspecified atom stereocenters. The van der Waals surface area contributed by atoms with Crippen LogP contribution in [-0.2, 0) is 4.74 Å². The van der Waals surface area contributed by atoms with Gasteiger partial charge in [-0.1, -0.05) is 29.3 Å². The van der Waals surface area contributed by atoms with Crippen LogP contribution in [0.5, 0.6) is 0 Å². The van der Waals surface area contributed by atoms with Gasteiger partial charge in [0, 0.05) is 19.8 Å². The van der Waals surface area contributed by atoms with Gasteiger partial charge in [-0.25, -0.2) is 0 Å². The average molecular weight is 248 g/mol. The van der Waals surface area contributed by atoms with Crippen LogP contribution in [-0.4, -0.2) is 20.8 Å². The predicted octanol–water partition coefficient (Wildman–Crippen LogP) is 3.29. The van der Waals surface area contributed by atoms with Crippen molar-refractivity contribution in [3.05, 3.63) is 33.8 Å². The largest absolute Gasteiger partial charge is 0.385 e. The van der Waals surface area contributed by atoms with Gasteiger partial charge in [-0.3, -0.25) is 0 Å². The molecule has 2 nitrogen and oxygen atoms in total. The molecular formula is C11H15Cl2NO. The minimum Gasteiger partial charge on any atom is -0.385 e. The molecule has 0 aromatic heterocycles. The molecule has 0 amide bonds. The summed E-state index contributed by atoms with van der Waals surface area (Å²) < 4.78 is 5.05. The van der Waals surface area contributed by atoms with Crippen molar-refractivity contribution in [1.82, 2.24) is 5.32 Å². The van der Waals surface area contributed by atoms with Gasteiger partial charge in [-0.15, -0.1) is 0 Å². The van der Waals surface area contributed by atoms with Crippen LogP contribution in [0.3, 0.4) is 0 Å². The van der Waals surface area contributed by atoms with Crippen molar-refractivity contribution in [3.8, 4) is 0 Å². The molecular weight excluding hydrogens is 233 g/mol. The van der Waals surface area contributed by atoms with Gasteiger partial charge < -0.3 is 10.1 Å². The Hall–Kier alpha value is -0.280. The number of ether oxygens (including phenoxy) is 1. The number of halogens is 2. The monoisotopic (exact) mass is 247 g/mol. The van der Waals surface area contributed by atoms with Crippen LogP contribution in [0.1, 0.15) is 18.0 Å². The van der Waals surface area contributed by atoms with Crippen LogP contribution in [0.15, 0.2) is 18.2 Å². The van der Waals surface area contributed by atoms with Crippen LogP contribution in [0.25, 0.3) is 0 Å². The van der Waals surface area contributed by atoms with Crippen LogP contribution in [0, 0.1) is 0 Å². The maximum absolute atomic E-state index is 5.96. The highest BCUT2D eigenvalue weighted by Crippen LogP contribution is 2.26. The summed E-state index contributed by atoms with van der Waals surface area (Å²) in [6, 6.07) is 5.93. The zero-order valence-electron chi connectivity index (χ0n) is 8.89.